The minimum absolute atomic E-state index is 0.0860. The van der Waals surface area contributed by atoms with Crippen LogP contribution in [0.2, 0.25) is 0 Å². The molecule has 1 atom stereocenters. The fourth-order valence-electron chi connectivity index (χ4n) is 3.56. The Morgan fingerprint density at radius 1 is 1.21 bits per heavy atom. The van der Waals surface area contributed by atoms with E-state index in [0.29, 0.717) is 22.8 Å². The lowest BCUT2D eigenvalue weighted by Gasteiger charge is -2.36. The number of nitrogens with one attached hydrogen (secondary N) is 1. The first-order valence-corrected chi connectivity index (χ1v) is 10.2. The number of amides is 1. The van der Waals surface area contributed by atoms with Crippen molar-refractivity contribution in [3.05, 3.63) is 86.6 Å². The lowest BCUT2D eigenvalue weighted by Crippen LogP contribution is -2.45. The normalized spacial score (nSPS) is 15.8. The molecule has 0 fully saturated rings. The van der Waals surface area contributed by atoms with Gasteiger partial charge in [-0.05, 0) is 55.0 Å². The summed E-state index contributed by atoms with van der Waals surface area (Å²) in [5.74, 6) is 0.619. The standard InChI is InChI=1S/C23H18N4O5S/c1-13-3-8-16(18(11-13)27(29)30)19-9-10-20(32-19)21-25-22(28)17(12-24)23(33)26(21)14-4-6-15(31-2)7-5-14/h3-11,21,33H,1-2H3,(H,25,28). The van der Waals surface area contributed by atoms with Gasteiger partial charge in [0, 0.05) is 11.8 Å². The van der Waals surface area contributed by atoms with Crippen LogP contribution < -0.4 is 15.0 Å². The molecule has 1 aliphatic heterocycles. The van der Waals surface area contributed by atoms with Gasteiger partial charge in [0.2, 0.25) is 0 Å². The summed E-state index contributed by atoms with van der Waals surface area (Å²) in [4.78, 5) is 25.2. The van der Waals surface area contributed by atoms with Crippen LogP contribution in [0.25, 0.3) is 11.3 Å². The number of thiol groups is 1. The third-order valence-electron chi connectivity index (χ3n) is 5.18. The number of carbonyl (C=O) groups excluding carboxylic acids is 1. The fourth-order valence-corrected chi connectivity index (χ4v) is 3.95. The largest absolute Gasteiger partial charge is 0.497 e. The van der Waals surface area contributed by atoms with E-state index in [9.17, 15) is 20.2 Å². The van der Waals surface area contributed by atoms with Crippen LogP contribution in [0.4, 0.5) is 11.4 Å². The molecule has 0 aliphatic carbocycles. The summed E-state index contributed by atoms with van der Waals surface area (Å²) >= 11 is 4.45. The first-order valence-electron chi connectivity index (χ1n) is 9.76. The maximum Gasteiger partial charge on any atom is 0.280 e. The van der Waals surface area contributed by atoms with Crippen molar-refractivity contribution in [2.45, 2.75) is 13.1 Å². The molecule has 2 aromatic carbocycles. The molecule has 9 nitrogen and oxygen atoms in total. The SMILES string of the molecule is COc1ccc(N2C(S)=C(C#N)C(=O)NC2c2ccc(-c3ccc(C)cc3[N+](=O)[O-])o2)cc1. The predicted molar refractivity (Wildman–Crippen MR) is 124 cm³/mol. The number of rotatable bonds is 5. The van der Waals surface area contributed by atoms with Crippen molar-refractivity contribution in [1.82, 2.24) is 5.32 Å². The fraction of sp³-hybridized carbons (Fsp3) is 0.130. The number of hydrogen-bond acceptors (Lipinski definition) is 8. The molecule has 10 heteroatoms. The van der Waals surface area contributed by atoms with Crippen LogP contribution in [0.3, 0.4) is 0 Å². The molecule has 0 saturated carbocycles. The van der Waals surface area contributed by atoms with Crippen LogP contribution in [0, 0.1) is 28.4 Å². The third kappa shape index (κ3) is 4.02. The van der Waals surface area contributed by atoms with Crippen molar-refractivity contribution in [2.75, 3.05) is 12.0 Å². The van der Waals surface area contributed by atoms with E-state index in [0.717, 1.165) is 5.56 Å². The number of furan rings is 1. The molecule has 4 rings (SSSR count). The van der Waals surface area contributed by atoms with E-state index in [1.54, 1.807) is 67.5 Å². The van der Waals surface area contributed by atoms with Crippen molar-refractivity contribution >= 4 is 29.9 Å². The number of nitro groups is 1. The van der Waals surface area contributed by atoms with Gasteiger partial charge < -0.3 is 19.4 Å². The average molecular weight is 462 g/mol. The minimum atomic E-state index is -0.839. The Balaban J connectivity index is 1.80. The number of nitro benzene ring substituents is 1. The molecule has 33 heavy (non-hydrogen) atoms. The van der Waals surface area contributed by atoms with E-state index < -0.39 is 17.0 Å². The summed E-state index contributed by atoms with van der Waals surface area (Å²) in [6.07, 6.45) is -0.839. The molecule has 0 bridgehead atoms. The van der Waals surface area contributed by atoms with Gasteiger partial charge in [-0.3, -0.25) is 14.9 Å². The molecule has 0 saturated heterocycles. The van der Waals surface area contributed by atoms with Gasteiger partial charge in [0.15, 0.2) is 6.17 Å². The Morgan fingerprint density at radius 3 is 2.58 bits per heavy atom. The lowest BCUT2D eigenvalue weighted by molar-refractivity contribution is -0.384. The van der Waals surface area contributed by atoms with Gasteiger partial charge in [-0.25, -0.2) is 0 Å². The topological polar surface area (TPSA) is 122 Å². The van der Waals surface area contributed by atoms with Crippen LogP contribution >= 0.6 is 12.6 Å². The highest BCUT2D eigenvalue weighted by Crippen LogP contribution is 2.39. The van der Waals surface area contributed by atoms with Gasteiger partial charge in [-0.2, -0.15) is 5.26 Å². The van der Waals surface area contributed by atoms with Crippen LogP contribution in [-0.4, -0.2) is 17.9 Å². The van der Waals surface area contributed by atoms with E-state index in [2.05, 4.69) is 17.9 Å². The predicted octanol–water partition coefficient (Wildman–Crippen LogP) is 4.47. The van der Waals surface area contributed by atoms with E-state index in [4.69, 9.17) is 9.15 Å². The smallest absolute Gasteiger partial charge is 0.280 e. The van der Waals surface area contributed by atoms with Gasteiger partial charge in [0.1, 0.15) is 28.9 Å². The van der Waals surface area contributed by atoms with Crippen molar-refractivity contribution in [2.24, 2.45) is 0 Å². The number of anilines is 1. The number of carbonyl (C=O) groups is 1. The Hall–Kier alpha value is -4.23. The molecule has 2 heterocycles. The number of methoxy groups -OCH3 is 1. The second kappa shape index (κ2) is 8.72. The molecular weight excluding hydrogens is 444 g/mol. The highest BCUT2D eigenvalue weighted by atomic mass is 32.1. The molecular formula is C23H18N4O5S. The molecule has 1 aliphatic rings. The van der Waals surface area contributed by atoms with Crippen molar-refractivity contribution in [1.29, 1.82) is 5.26 Å². The Bertz CT molecular complexity index is 1320. The second-order valence-electron chi connectivity index (χ2n) is 7.23. The first-order chi connectivity index (χ1) is 15.8. The second-order valence-corrected chi connectivity index (χ2v) is 7.66. The zero-order valence-corrected chi connectivity index (χ0v) is 18.5. The van der Waals surface area contributed by atoms with E-state index >= 15 is 0 Å². The maximum absolute atomic E-state index is 12.5. The lowest BCUT2D eigenvalue weighted by atomic mass is 10.1. The molecule has 1 unspecified atom stereocenters. The maximum atomic E-state index is 12.5. The highest BCUT2D eigenvalue weighted by Gasteiger charge is 2.36. The van der Waals surface area contributed by atoms with E-state index in [1.165, 1.54) is 6.07 Å². The molecule has 1 aromatic heterocycles. The molecule has 3 aromatic rings. The van der Waals surface area contributed by atoms with E-state index in [1.807, 2.05) is 6.07 Å². The quantitative estimate of drug-likeness (QED) is 0.326. The summed E-state index contributed by atoms with van der Waals surface area (Å²) in [5, 5.41) is 23.9. The van der Waals surface area contributed by atoms with Gasteiger partial charge in [0.05, 0.1) is 22.6 Å². The van der Waals surface area contributed by atoms with Crippen LogP contribution in [0.1, 0.15) is 17.5 Å². The van der Waals surface area contributed by atoms with Crippen molar-refractivity contribution in [3.63, 3.8) is 0 Å². The van der Waals surface area contributed by atoms with Gasteiger partial charge >= 0.3 is 0 Å². The number of nitriles is 1. The average Bonchev–Trinajstić information content (AvgIpc) is 3.29. The zero-order chi connectivity index (χ0) is 23.7. The summed E-state index contributed by atoms with van der Waals surface area (Å²) in [5.41, 5.74) is 1.45. The number of hydrogen-bond donors (Lipinski definition) is 2. The summed E-state index contributed by atoms with van der Waals surface area (Å²) in [6, 6.07) is 16.9. The Morgan fingerprint density at radius 2 is 1.94 bits per heavy atom. The molecule has 1 amide bonds. The number of nitrogens with zero attached hydrogens (tertiary/aromatic N) is 3. The first kappa shape index (κ1) is 22.0. The molecule has 166 valence electrons. The number of aryl methyl sites for hydroxylation is 1. The van der Waals surface area contributed by atoms with Gasteiger partial charge in [-0.1, -0.05) is 6.07 Å². The highest BCUT2D eigenvalue weighted by molar-refractivity contribution is 7.84. The van der Waals surface area contributed by atoms with Crippen LogP contribution in [0.5, 0.6) is 5.75 Å². The summed E-state index contributed by atoms with van der Waals surface area (Å²) in [6.45, 7) is 1.77. The third-order valence-corrected chi connectivity index (χ3v) is 5.62. The summed E-state index contributed by atoms with van der Waals surface area (Å²) in [7, 11) is 1.55. The van der Waals surface area contributed by atoms with Crippen LogP contribution in [0.15, 0.2) is 69.6 Å². The van der Waals surface area contributed by atoms with Crippen LogP contribution in [-0.2, 0) is 4.79 Å². The molecule has 0 spiro atoms. The zero-order valence-electron chi connectivity index (χ0n) is 17.6. The van der Waals surface area contributed by atoms with E-state index in [-0.39, 0.29) is 22.0 Å². The minimum Gasteiger partial charge on any atom is -0.497 e. The molecule has 1 N–H and O–H groups in total. The monoisotopic (exact) mass is 462 g/mol. The van der Waals surface area contributed by atoms with Gasteiger partial charge in [-0.15, -0.1) is 12.6 Å². The molecule has 0 radical (unpaired) electrons. The Kier molecular flexibility index (Phi) is 5.81. The number of ether oxygens (including phenoxy) is 1. The summed E-state index contributed by atoms with van der Waals surface area (Å²) < 4.78 is 11.2. The van der Waals surface area contributed by atoms with Gasteiger partial charge in [0.25, 0.3) is 11.6 Å². The number of benzene rings is 2. The van der Waals surface area contributed by atoms with Crippen molar-refractivity contribution < 1.29 is 18.9 Å². The van der Waals surface area contributed by atoms with Crippen molar-refractivity contribution in [3.8, 4) is 23.1 Å². The Labute approximate surface area is 194 Å².